The van der Waals surface area contributed by atoms with E-state index >= 15 is 0 Å². The average molecular weight is 334 g/mol. The van der Waals surface area contributed by atoms with E-state index < -0.39 is 15.4 Å². The summed E-state index contributed by atoms with van der Waals surface area (Å²) >= 11 is 0. The first-order valence-electron chi connectivity index (χ1n) is 7.28. The number of hydrogen-bond donors (Lipinski definition) is 1. The summed E-state index contributed by atoms with van der Waals surface area (Å²) < 4.78 is 28.4. The van der Waals surface area contributed by atoms with Crippen LogP contribution >= 0.6 is 0 Å². The lowest BCUT2D eigenvalue weighted by molar-refractivity contribution is 0.0910. The number of carbonyl (C=O) groups excluding carboxylic acids is 1. The van der Waals surface area contributed by atoms with E-state index in [-0.39, 0.29) is 23.1 Å². The van der Waals surface area contributed by atoms with Gasteiger partial charge in [-0.25, -0.2) is 13.4 Å². The molecule has 1 aliphatic heterocycles. The second-order valence-electron chi connectivity index (χ2n) is 6.11. The largest absolute Gasteiger partial charge is 0.497 e. The van der Waals surface area contributed by atoms with Crippen molar-refractivity contribution in [2.24, 2.45) is 0 Å². The van der Waals surface area contributed by atoms with Gasteiger partial charge in [0, 0.05) is 5.39 Å². The van der Waals surface area contributed by atoms with Gasteiger partial charge in [-0.2, -0.15) is 0 Å². The van der Waals surface area contributed by atoms with Crippen LogP contribution in [0.2, 0.25) is 0 Å². The average Bonchev–Trinajstić information content (AvgIpc) is 2.79. The molecule has 0 aliphatic carbocycles. The summed E-state index contributed by atoms with van der Waals surface area (Å²) in [5.74, 6) is 0.438. The Balaban J connectivity index is 1.84. The maximum absolute atomic E-state index is 12.4. The van der Waals surface area contributed by atoms with Gasteiger partial charge in [0.2, 0.25) is 0 Å². The Morgan fingerprint density at radius 1 is 1.30 bits per heavy atom. The number of methoxy groups -OCH3 is 1. The van der Waals surface area contributed by atoms with Crippen LogP contribution in [0, 0.1) is 0 Å². The first kappa shape index (κ1) is 15.7. The molecule has 2 heterocycles. The molecule has 122 valence electrons. The summed E-state index contributed by atoms with van der Waals surface area (Å²) in [7, 11) is -1.48. The van der Waals surface area contributed by atoms with Crippen molar-refractivity contribution in [3.63, 3.8) is 0 Å². The van der Waals surface area contributed by atoms with Gasteiger partial charge in [-0.3, -0.25) is 4.79 Å². The van der Waals surface area contributed by atoms with Crippen LogP contribution in [0.25, 0.3) is 10.9 Å². The first-order chi connectivity index (χ1) is 10.8. The molecule has 23 heavy (non-hydrogen) atoms. The molecule has 1 aliphatic rings. The van der Waals surface area contributed by atoms with Gasteiger partial charge in [0.25, 0.3) is 5.91 Å². The van der Waals surface area contributed by atoms with Crippen molar-refractivity contribution in [3.05, 3.63) is 36.0 Å². The number of nitrogens with zero attached hydrogens (tertiary/aromatic N) is 1. The number of ether oxygens (including phenoxy) is 1. The lowest BCUT2D eigenvalue weighted by Crippen LogP contribution is -2.47. The first-order valence-corrected chi connectivity index (χ1v) is 9.10. The summed E-state index contributed by atoms with van der Waals surface area (Å²) in [5, 5.41) is 3.68. The number of aromatic nitrogens is 1. The van der Waals surface area contributed by atoms with E-state index in [4.69, 9.17) is 4.74 Å². The highest BCUT2D eigenvalue weighted by atomic mass is 32.2. The molecule has 6 nitrogen and oxygen atoms in total. The zero-order valence-electron chi connectivity index (χ0n) is 13.0. The molecule has 1 amide bonds. The van der Waals surface area contributed by atoms with E-state index in [1.165, 1.54) is 0 Å². The van der Waals surface area contributed by atoms with Gasteiger partial charge >= 0.3 is 0 Å². The van der Waals surface area contributed by atoms with Crippen LogP contribution in [-0.4, -0.2) is 43.5 Å². The van der Waals surface area contributed by atoms with Crippen LogP contribution in [0.1, 0.15) is 23.8 Å². The molecule has 0 unspecified atom stereocenters. The molecular weight excluding hydrogens is 316 g/mol. The monoisotopic (exact) mass is 334 g/mol. The summed E-state index contributed by atoms with van der Waals surface area (Å²) in [6.45, 7) is 1.75. The zero-order valence-corrected chi connectivity index (χ0v) is 13.8. The molecule has 1 saturated heterocycles. The van der Waals surface area contributed by atoms with Gasteiger partial charge in [0.1, 0.15) is 11.4 Å². The number of benzene rings is 1. The minimum absolute atomic E-state index is 0.0312. The lowest BCUT2D eigenvalue weighted by Gasteiger charge is -2.23. The Morgan fingerprint density at radius 3 is 2.74 bits per heavy atom. The minimum Gasteiger partial charge on any atom is -0.497 e. The molecular formula is C16H18N2O4S. The summed E-state index contributed by atoms with van der Waals surface area (Å²) in [6, 6.07) is 8.83. The van der Waals surface area contributed by atoms with Gasteiger partial charge in [-0.1, -0.05) is 6.07 Å². The van der Waals surface area contributed by atoms with Crippen molar-refractivity contribution in [2.75, 3.05) is 18.6 Å². The summed E-state index contributed by atoms with van der Waals surface area (Å²) in [4.78, 5) is 16.7. The molecule has 1 atom stereocenters. The molecule has 1 fully saturated rings. The second kappa shape index (κ2) is 5.49. The van der Waals surface area contributed by atoms with Gasteiger partial charge in [0.05, 0.1) is 29.7 Å². The highest BCUT2D eigenvalue weighted by Gasteiger charge is 2.39. The van der Waals surface area contributed by atoms with Gasteiger partial charge in [0.15, 0.2) is 9.84 Å². The number of carbonyl (C=O) groups is 1. The Kier molecular flexibility index (Phi) is 3.75. The summed E-state index contributed by atoms with van der Waals surface area (Å²) in [6.07, 6.45) is 0.422. The van der Waals surface area contributed by atoms with E-state index in [9.17, 15) is 13.2 Å². The van der Waals surface area contributed by atoms with Gasteiger partial charge in [-0.05, 0) is 37.6 Å². The topological polar surface area (TPSA) is 85.4 Å². The Labute approximate surface area is 134 Å². The minimum atomic E-state index is -3.07. The van der Waals surface area contributed by atoms with Gasteiger partial charge < -0.3 is 10.1 Å². The molecule has 1 aromatic heterocycles. The SMILES string of the molecule is COc1ccc2nc(C(=O)N[C@]3(C)CCS(=O)(=O)C3)ccc2c1. The van der Waals surface area contributed by atoms with Crippen molar-refractivity contribution in [1.82, 2.24) is 10.3 Å². The highest BCUT2D eigenvalue weighted by molar-refractivity contribution is 7.91. The molecule has 1 N–H and O–H groups in total. The zero-order chi connectivity index (χ0) is 16.7. The fourth-order valence-electron chi connectivity index (χ4n) is 2.80. The van der Waals surface area contributed by atoms with E-state index in [1.54, 1.807) is 38.3 Å². The Morgan fingerprint density at radius 2 is 2.09 bits per heavy atom. The summed E-state index contributed by atoms with van der Waals surface area (Å²) in [5.41, 5.74) is 0.225. The number of nitrogens with one attached hydrogen (secondary N) is 1. The van der Waals surface area contributed by atoms with Crippen molar-refractivity contribution < 1.29 is 17.9 Å². The van der Waals surface area contributed by atoms with Crippen LogP contribution in [0.4, 0.5) is 0 Å². The fourth-order valence-corrected chi connectivity index (χ4v) is 4.90. The molecule has 0 saturated carbocycles. The molecule has 0 spiro atoms. The van der Waals surface area contributed by atoms with Crippen molar-refractivity contribution in [3.8, 4) is 5.75 Å². The molecule has 0 bridgehead atoms. The number of amides is 1. The molecule has 2 aromatic rings. The molecule has 0 radical (unpaired) electrons. The van der Waals surface area contributed by atoms with Gasteiger partial charge in [-0.15, -0.1) is 0 Å². The maximum atomic E-state index is 12.4. The van der Waals surface area contributed by atoms with E-state index in [1.807, 2.05) is 6.07 Å². The Bertz CT molecular complexity index is 879. The van der Waals surface area contributed by atoms with Crippen molar-refractivity contribution in [1.29, 1.82) is 0 Å². The number of rotatable bonds is 3. The normalized spacial score (nSPS) is 22.9. The van der Waals surface area contributed by atoms with Crippen LogP contribution in [-0.2, 0) is 9.84 Å². The van der Waals surface area contributed by atoms with Crippen LogP contribution in [0.5, 0.6) is 5.75 Å². The number of sulfone groups is 1. The standard InChI is InChI=1S/C16H18N2O4S/c1-16(7-8-23(20,21)10-16)18-15(19)14-5-3-11-9-12(22-2)4-6-13(11)17-14/h3-6,9H,7-8,10H2,1-2H3,(H,18,19)/t16-/m1/s1. The second-order valence-corrected chi connectivity index (χ2v) is 8.30. The molecule has 1 aromatic carbocycles. The van der Waals surface area contributed by atoms with Crippen molar-refractivity contribution >= 4 is 26.6 Å². The van der Waals surface area contributed by atoms with E-state index in [0.29, 0.717) is 11.9 Å². The third-order valence-corrected chi connectivity index (χ3v) is 5.95. The maximum Gasteiger partial charge on any atom is 0.270 e. The van der Waals surface area contributed by atoms with E-state index in [2.05, 4.69) is 10.3 Å². The van der Waals surface area contributed by atoms with Crippen LogP contribution in [0.3, 0.4) is 0 Å². The lowest BCUT2D eigenvalue weighted by atomic mass is 10.0. The number of pyridine rings is 1. The van der Waals surface area contributed by atoms with Crippen LogP contribution in [0.15, 0.2) is 30.3 Å². The molecule has 7 heteroatoms. The predicted molar refractivity (Wildman–Crippen MR) is 87.4 cm³/mol. The quantitative estimate of drug-likeness (QED) is 0.920. The van der Waals surface area contributed by atoms with E-state index in [0.717, 1.165) is 11.1 Å². The number of hydrogen-bond acceptors (Lipinski definition) is 5. The highest BCUT2D eigenvalue weighted by Crippen LogP contribution is 2.24. The fraction of sp³-hybridized carbons (Fsp3) is 0.375. The third-order valence-electron chi connectivity index (χ3n) is 4.05. The predicted octanol–water partition coefficient (Wildman–Crippen LogP) is 1.55. The van der Waals surface area contributed by atoms with Crippen LogP contribution < -0.4 is 10.1 Å². The number of fused-ring (bicyclic) bond motifs is 1. The smallest absolute Gasteiger partial charge is 0.270 e. The van der Waals surface area contributed by atoms with Crippen molar-refractivity contribution in [2.45, 2.75) is 18.9 Å². The molecule has 3 rings (SSSR count). The third kappa shape index (κ3) is 3.29. The Hall–Kier alpha value is -2.15.